The van der Waals surface area contributed by atoms with Crippen molar-refractivity contribution in [3.8, 4) is 11.1 Å². The van der Waals surface area contributed by atoms with E-state index in [1.54, 1.807) is 35.7 Å². The molecule has 1 aromatic heterocycles. The quantitative estimate of drug-likeness (QED) is 0.441. The van der Waals surface area contributed by atoms with E-state index in [1.165, 1.54) is 23.5 Å². The molecule has 0 radical (unpaired) electrons. The van der Waals surface area contributed by atoms with Crippen LogP contribution in [-0.2, 0) is 4.79 Å². The number of likely N-dealkylation sites (tertiary alicyclic amines) is 1. The van der Waals surface area contributed by atoms with Gasteiger partial charge in [-0.1, -0.05) is 30.7 Å². The minimum absolute atomic E-state index is 0.214. The lowest BCUT2D eigenvalue weighted by Crippen LogP contribution is -2.37. The summed E-state index contributed by atoms with van der Waals surface area (Å²) in [5.41, 5.74) is 2.16. The number of nitrogens with zero attached hydrogens (tertiary/aromatic N) is 2. The van der Waals surface area contributed by atoms with Crippen LogP contribution in [0.1, 0.15) is 54.0 Å². The van der Waals surface area contributed by atoms with E-state index >= 15 is 0 Å². The fraction of sp³-hybridized carbons (Fsp3) is 0.320. The molecule has 4 rings (SSSR count). The second-order valence-electron chi connectivity index (χ2n) is 8.13. The summed E-state index contributed by atoms with van der Waals surface area (Å²) < 4.78 is 13.9. The van der Waals surface area contributed by atoms with E-state index in [9.17, 15) is 14.0 Å². The van der Waals surface area contributed by atoms with Gasteiger partial charge in [-0.15, -0.1) is 11.3 Å². The number of thiazole rings is 1. The average molecular weight is 486 g/mol. The Labute approximate surface area is 201 Å². The lowest BCUT2D eigenvalue weighted by Gasteiger charge is -2.31. The van der Waals surface area contributed by atoms with Crippen molar-refractivity contribution in [1.29, 1.82) is 0 Å². The third-order valence-electron chi connectivity index (χ3n) is 5.80. The van der Waals surface area contributed by atoms with E-state index in [2.05, 4.69) is 10.3 Å². The molecule has 8 heteroatoms. The molecule has 2 amide bonds. The zero-order valence-electron chi connectivity index (χ0n) is 18.3. The summed E-state index contributed by atoms with van der Waals surface area (Å²) in [5, 5.41) is 6.12. The Morgan fingerprint density at radius 3 is 2.61 bits per heavy atom. The van der Waals surface area contributed by atoms with E-state index in [0.717, 1.165) is 42.9 Å². The molecule has 1 saturated heterocycles. The number of rotatable bonds is 6. The number of carbonyl (C=O) groups is 2. The number of amides is 2. The Balaban J connectivity index is 1.45. The van der Waals surface area contributed by atoms with Gasteiger partial charge in [-0.2, -0.15) is 0 Å². The molecule has 1 N–H and O–H groups in total. The highest BCUT2D eigenvalue weighted by atomic mass is 35.5. The summed E-state index contributed by atoms with van der Waals surface area (Å²) in [6.07, 6.45) is 3.15. The lowest BCUT2D eigenvalue weighted by atomic mass is 9.97. The number of nitrogens with one attached hydrogen (secondary N) is 1. The second kappa shape index (κ2) is 10.4. The minimum atomic E-state index is -0.391. The lowest BCUT2D eigenvalue weighted by molar-refractivity contribution is -0.132. The van der Waals surface area contributed by atoms with Crippen LogP contribution in [0.25, 0.3) is 11.1 Å². The summed E-state index contributed by atoms with van der Waals surface area (Å²) in [6, 6.07) is 11.3. The van der Waals surface area contributed by atoms with Gasteiger partial charge in [0.2, 0.25) is 5.91 Å². The van der Waals surface area contributed by atoms with Crippen molar-refractivity contribution in [3.05, 3.63) is 69.4 Å². The van der Waals surface area contributed by atoms with Gasteiger partial charge in [-0.3, -0.25) is 9.59 Å². The molecule has 0 atom stereocenters. The first-order valence-electron chi connectivity index (χ1n) is 11.0. The van der Waals surface area contributed by atoms with Gasteiger partial charge in [-0.05, 0) is 55.2 Å². The van der Waals surface area contributed by atoms with E-state index in [4.69, 9.17) is 11.6 Å². The maximum atomic E-state index is 13.9. The van der Waals surface area contributed by atoms with Gasteiger partial charge < -0.3 is 10.2 Å². The molecule has 3 aromatic rings. The van der Waals surface area contributed by atoms with E-state index in [1.807, 2.05) is 11.8 Å². The monoisotopic (exact) mass is 485 g/mol. The molecule has 33 heavy (non-hydrogen) atoms. The standard InChI is InChI=1S/C25H25ClFN3O2S/c1-2-3-23(31)30-12-10-17(11-13-30)25-29-22(15-33-25)24(32)28-21-9-8-19(27)14-20(21)16-4-6-18(26)7-5-16/h4-9,14-15,17H,2-3,10-13H2,1H3,(H,28,32). The van der Waals surface area contributed by atoms with Crippen molar-refractivity contribution in [1.82, 2.24) is 9.88 Å². The van der Waals surface area contributed by atoms with Gasteiger partial charge in [0.15, 0.2) is 0 Å². The third-order valence-corrected chi connectivity index (χ3v) is 7.06. The summed E-state index contributed by atoms with van der Waals surface area (Å²) in [4.78, 5) is 31.5. The highest BCUT2D eigenvalue weighted by Gasteiger charge is 2.26. The molecule has 0 saturated carbocycles. The zero-order valence-corrected chi connectivity index (χ0v) is 19.9. The van der Waals surface area contributed by atoms with Crippen molar-refractivity contribution >= 4 is 40.4 Å². The fourth-order valence-corrected chi connectivity index (χ4v) is 5.10. The number of hydrogen-bond donors (Lipinski definition) is 1. The molecule has 1 fully saturated rings. The number of halogens is 2. The van der Waals surface area contributed by atoms with Gasteiger partial charge >= 0.3 is 0 Å². The Morgan fingerprint density at radius 1 is 1.18 bits per heavy atom. The summed E-state index contributed by atoms with van der Waals surface area (Å²) >= 11 is 7.44. The molecule has 5 nitrogen and oxygen atoms in total. The minimum Gasteiger partial charge on any atom is -0.343 e. The van der Waals surface area contributed by atoms with Gasteiger partial charge in [0.05, 0.1) is 5.01 Å². The topological polar surface area (TPSA) is 62.3 Å². The molecule has 0 spiro atoms. The van der Waals surface area contributed by atoms with Gasteiger partial charge in [-0.25, -0.2) is 9.37 Å². The van der Waals surface area contributed by atoms with Crippen LogP contribution in [0.3, 0.4) is 0 Å². The number of carbonyl (C=O) groups excluding carboxylic acids is 2. The number of aromatic nitrogens is 1. The Hall–Kier alpha value is -2.77. The van der Waals surface area contributed by atoms with E-state index in [0.29, 0.717) is 28.4 Å². The molecule has 0 bridgehead atoms. The molecule has 0 unspecified atom stereocenters. The van der Waals surface area contributed by atoms with Crippen LogP contribution in [-0.4, -0.2) is 34.8 Å². The summed E-state index contributed by atoms with van der Waals surface area (Å²) in [6.45, 7) is 3.46. The maximum absolute atomic E-state index is 13.9. The Morgan fingerprint density at radius 2 is 1.91 bits per heavy atom. The molecule has 0 aliphatic carbocycles. The average Bonchev–Trinajstić information content (AvgIpc) is 3.32. The van der Waals surface area contributed by atoms with Gasteiger partial charge in [0.1, 0.15) is 11.5 Å². The van der Waals surface area contributed by atoms with Crippen molar-refractivity contribution in [3.63, 3.8) is 0 Å². The van der Waals surface area contributed by atoms with Crippen LogP contribution in [0, 0.1) is 5.82 Å². The van der Waals surface area contributed by atoms with Gasteiger partial charge in [0, 0.05) is 47.1 Å². The predicted octanol–water partition coefficient (Wildman–Crippen LogP) is 6.36. The first-order chi connectivity index (χ1) is 15.9. The van der Waals surface area contributed by atoms with Gasteiger partial charge in [0.25, 0.3) is 5.91 Å². The molecular weight excluding hydrogens is 461 g/mol. The zero-order chi connectivity index (χ0) is 23.4. The van der Waals surface area contributed by atoms with Crippen molar-refractivity contribution in [2.24, 2.45) is 0 Å². The van der Waals surface area contributed by atoms with Crippen molar-refractivity contribution < 1.29 is 14.0 Å². The Bertz CT molecular complexity index is 1140. The van der Waals surface area contributed by atoms with Crippen molar-refractivity contribution in [2.75, 3.05) is 18.4 Å². The molecule has 1 aliphatic heterocycles. The SMILES string of the molecule is CCCC(=O)N1CCC(c2nc(C(=O)Nc3ccc(F)cc3-c3ccc(Cl)cc3)cs2)CC1. The largest absolute Gasteiger partial charge is 0.343 e. The molecule has 172 valence electrons. The van der Waals surface area contributed by atoms with E-state index < -0.39 is 5.82 Å². The fourth-order valence-electron chi connectivity index (χ4n) is 4.01. The maximum Gasteiger partial charge on any atom is 0.275 e. The number of anilines is 1. The second-order valence-corrected chi connectivity index (χ2v) is 9.45. The highest BCUT2D eigenvalue weighted by molar-refractivity contribution is 7.10. The summed E-state index contributed by atoms with van der Waals surface area (Å²) in [7, 11) is 0. The van der Waals surface area contributed by atoms with Crippen LogP contribution in [0.5, 0.6) is 0 Å². The van der Waals surface area contributed by atoms with Crippen LogP contribution in [0.15, 0.2) is 47.8 Å². The van der Waals surface area contributed by atoms with Crippen LogP contribution in [0.2, 0.25) is 5.02 Å². The summed E-state index contributed by atoms with van der Waals surface area (Å²) in [5.74, 6) is -0.267. The molecule has 2 aromatic carbocycles. The van der Waals surface area contributed by atoms with E-state index in [-0.39, 0.29) is 17.7 Å². The normalized spacial score (nSPS) is 14.3. The van der Waals surface area contributed by atoms with Crippen LogP contribution >= 0.6 is 22.9 Å². The molecule has 2 heterocycles. The highest BCUT2D eigenvalue weighted by Crippen LogP contribution is 2.32. The third kappa shape index (κ3) is 5.60. The van der Waals surface area contributed by atoms with Crippen LogP contribution in [0.4, 0.5) is 10.1 Å². The molecular formula is C25H25ClFN3O2S. The van der Waals surface area contributed by atoms with Crippen LogP contribution < -0.4 is 5.32 Å². The predicted molar refractivity (Wildman–Crippen MR) is 130 cm³/mol. The number of piperidine rings is 1. The Kier molecular flexibility index (Phi) is 7.40. The molecule has 1 aliphatic rings. The first kappa shape index (κ1) is 23.4. The van der Waals surface area contributed by atoms with Crippen molar-refractivity contribution in [2.45, 2.75) is 38.5 Å². The first-order valence-corrected chi connectivity index (χ1v) is 12.3. The smallest absolute Gasteiger partial charge is 0.275 e. The number of hydrogen-bond acceptors (Lipinski definition) is 4. The number of benzene rings is 2.